The van der Waals surface area contributed by atoms with E-state index < -0.39 is 0 Å². The second-order valence-corrected chi connectivity index (χ2v) is 6.15. The van der Waals surface area contributed by atoms with E-state index >= 15 is 0 Å². The van der Waals surface area contributed by atoms with E-state index in [4.69, 9.17) is 21.1 Å². The summed E-state index contributed by atoms with van der Waals surface area (Å²) in [5.74, 6) is 1.05. The maximum absolute atomic E-state index is 12.2. The third kappa shape index (κ3) is 3.54. The number of benzene rings is 2. The van der Waals surface area contributed by atoms with Gasteiger partial charge in [-0.3, -0.25) is 4.79 Å². The lowest BCUT2D eigenvalue weighted by atomic mass is 10.1. The molecule has 1 heterocycles. The number of halogens is 2. The Morgan fingerprint density at radius 2 is 1.91 bits per heavy atom. The van der Waals surface area contributed by atoms with Gasteiger partial charge in [-0.05, 0) is 17.7 Å². The van der Waals surface area contributed by atoms with E-state index in [9.17, 15) is 4.79 Å². The van der Waals surface area contributed by atoms with E-state index in [0.717, 1.165) is 10.0 Å². The SMILES string of the molecule is O=C(Cc1cccc(Br)c1)Nc1cc2c(cc1Cl)OCCO2. The predicted molar refractivity (Wildman–Crippen MR) is 88.9 cm³/mol. The van der Waals surface area contributed by atoms with Gasteiger partial charge in [0.15, 0.2) is 11.5 Å². The van der Waals surface area contributed by atoms with Crippen molar-refractivity contribution in [1.29, 1.82) is 0 Å². The Kier molecular flexibility index (Phi) is 4.55. The van der Waals surface area contributed by atoms with Crippen LogP contribution in [0.15, 0.2) is 40.9 Å². The van der Waals surface area contributed by atoms with E-state index in [1.54, 1.807) is 12.1 Å². The molecule has 1 aliphatic heterocycles. The van der Waals surface area contributed by atoms with Crippen LogP contribution in [0.3, 0.4) is 0 Å². The molecule has 114 valence electrons. The number of fused-ring (bicyclic) bond motifs is 1. The first-order valence-corrected chi connectivity index (χ1v) is 7.92. The monoisotopic (exact) mass is 381 g/mol. The van der Waals surface area contributed by atoms with Crippen LogP contribution in [0.5, 0.6) is 11.5 Å². The number of ether oxygens (including phenoxy) is 2. The van der Waals surface area contributed by atoms with Gasteiger partial charge in [0.05, 0.1) is 17.1 Å². The average molecular weight is 383 g/mol. The van der Waals surface area contributed by atoms with Crippen LogP contribution in [-0.4, -0.2) is 19.1 Å². The highest BCUT2D eigenvalue weighted by Gasteiger charge is 2.16. The van der Waals surface area contributed by atoms with Crippen molar-refractivity contribution in [3.8, 4) is 11.5 Å². The zero-order valence-electron chi connectivity index (χ0n) is 11.6. The number of carbonyl (C=O) groups excluding carboxylic acids is 1. The van der Waals surface area contributed by atoms with Crippen molar-refractivity contribution in [1.82, 2.24) is 0 Å². The van der Waals surface area contributed by atoms with E-state index in [1.165, 1.54) is 0 Å². The third-order valence-electron chi connectivity index (χ3n) is 3.16. The van der Waals surface area contributed by atoms with Crippen LogP contribution in [0.1, 0.15) is 5.56 Å². The Balaban J connectivity index is 1.74. The minimum atomic E-state index is -0.142. The number of hydrogen-bond donors (Lipinski definition) is 1. The van der Waals surface area contributed by atoms with Crippen molar-refractivity contribution in [2.24, 2.45) is 0 Å². The fourth-order valence-electron chi connectivity index (χ4n) is 2.19. The third-order valence-corrected chi connectivity index (χ3v) is 3.97. The Morgan fingerprint density at radius 3 is 2.64 bits per heavy atom. The normalized spacial score (nSPS) is 12.8. The van der Waals surface area contributed by atoms with Crippen molar-refractivity contribution >= 4 is 39.1 Å². The second kappa shape index (κ2) is 6.58. The molecule has 0 aliphatic carbocycles. The number of anilines is 1. The molecule has 6 heteroatoms. The van der Waals surface area contributed by atoms with Crippen LogP contribution in [0.25, 0.3) is 0 Å². The maximum atomic E-state index is 12.2. The topological polar surface area (TPSA) is 47.6 Å². The van der Waals surface area contributed by atoms with Gasteiger partial charge in [0.1, 0.15) is 13.2 Å². The smallest absolute Gasteiger partial charge is 0.228 e. The summed E-state index contributed by atoms with van der Waals surface area (Å²) in [4.78, 5) is 12.2. The van der Waals surface area contributed by atoms with E-state index in [2.05, 4.69) is 21.2 Å². The van der Waals surface area contributed by atoms with Gasteiger partial charge >= 0.3 is 0 Å². The van der Waals surface area contributed by atoms with Crippen LogP contribution >= 0.6 is 27.5 Å². The van der Waals surface area contributed by atoms with Gasteiger partial charge < -0.3 is 14.8 Å². The highest BCUT2D eigenvalue weighted by Crippen LogP contribution is 2.37. The van der Waals surface area contributed by atoms with E-state index in [1.807, 2.05) is 24.3 Å². The first kappa shape index (κ1) is 15.2. The summed E-state index contributed by atoms with van der Waals surface area (Å²) in [6, 6.07) is 11.0. The molecule has 0 radical (unpaired) electrons. The standard InChI is InChI=1S/C16H13BrClNO3/c17-11-3-1-2-10(6-11)7-16(20)19-13-9-15-14(8-12(13)18)21-4-5-22-15/h1-3,6,8-9H,4-5,7H2,(H,19,20). The molecule has 0 bridgehead atoms. The lowest BCUT2D eigenvalue weighted by molar-refractivity contribution is -0.115. The molecule has 0 unspecified atom stereocenters. The van der Waals surface area contributed by atoms with Crippen molar-refractivity contribution in [3.63, 3.8) is 0 Å². The lowest BCUT2D eigenvalue weighted by Gasteiger charge is -2.20. The van der Waals surface area contributed by atoms with Gasteiger partial charge in [0.25, 0.3) is 0 Å². The second-order valence-electron chi connectivity index (χ2n) is 4.83. The number of amides is 1. The highest BCUT2D eigenvalue weighted by atomic mass is 79.9. The molecule has 3 rings (SSSR count). The van der Waals surface area contributed by atoms with E-state index in [0.29, 0.717) is 35.4 Å². The summed E-state index contributed by atoms with van der Waals surface area (Å²) >= 11 is 9.56. The minimum Gasteiger partial charge on any atom is -0.486 e. The summed E-state index contributed by atoms with van der Waals surface area (Å²) in [6.07, 6.45) is 0.268. The van der Waals surface area contributed by atoms with Crippen molar-refractivity contribution in [2.45, 2.75) is 6.42 Å². The molecule has 0 fully saturated rings. The van der Waals surface area contributed by atoms with Gasteiger partial charge in [-0.2, -0.15) is 0 Å². The van der Waals surface area contributed by atoms with Crippen molar-refractivity contribution in [2.75, 3.05) is 18.5 Å². The molecule has 1 amide bonds. The first-order chi connectivity index (χ1) is 10.6. The van der Waals surface area contributed by atoms with Gasteiger partial charge in [-0.15, -0.1) is 0 Å². The van der Waals surface area contributed by atoms with Crippen LogP contribution in [0.4, 0.5) is 5.69 Å². The maximum Gasteiger partial charge on any atom is 0.228 e. The Labute approximate surface area is 141 Å². The number of carbonyl (C=O) groups is 1. The minimum absolute atomic E-state index is 0.142. The molecule has 1 N–H and O–H groups in total. The zero-order chi connectivity index (χ0) is 15.5. The molecule has 0 aromatic heterocycles. The first-order valence-electron chi connectivity index (χ1n) is 6.75. The lowest BCUT2D eigenvalue weighted by Crippen LogP contribution is -2.17. The Morgan fingerprint density at radius 1 is 1.18 bits per heavy atom. The summed E-state index contributed by atoms with van der Waals surface area (Å²) in [5, 5.41) is 3.23. The Hall–Kier alpha value is -1.72. The van der Waals surface area contributed by atoms with Gasteiger partial charge in [-0.25, -0.2) is 0 Å². The molecule has 0 spiro atoms. The Bertz CT molecular complexity index is 721. The molecular formula is C16H13BrClNO3. The summed E-state index contributed by atoms with van der Waals surface area (Å²) < 4.78 is 11.9. The number of rotatable bonds is 3. The summed E-state index contributed by atoms with van der Waals surface area (Å²) in [6.45, 7) is 0.984. The fraction of sp³-hybridized carbons (Fsp3) is 0.188. The molecule has 4 nitrogen and oxygen atoms in total. The summed E-state index contributed by atoms with van der Waals surface area (Å²) in [5.41, 5.74) is 1.44. The van der Waals surface area contributed by atoms with Gasteiger partial charge in [0.2, 0.25) is 5.91 Å². The van der Waals surface area contributed by atoms with Gasteiger partial charge in [0, 0.05) is 16.6 Å². The number of hydrogen-bond acceptors (Lipinski definition) is 3. The van der Waals surface area contributed by atoms with Crippen LogP contribution in [0, 0.1) is 0 Å². The summed E-state index contributed by atoms with van der Waals surface area (Å²) in [7, 11) is 0. The van der Waals surface area contributed by atoms with Crippen LogP contribution in [-0.2, 0) is 11.2 Å². The van der Waals surface area contributed by atoms with Crippen molar-refractivity contribution < 1.29 is 14.3 Å². The molecule has 2 aromatic carbocycles. The largest absolute Gasteiger partial charge is 0.486 e. The van der Waals surface area contributed by atoms with Crippen LogP contribution in [0.2, 0.25) is 5.02 Å². The molecule has 0 saturated carbocycles. The van der Waals surface area contributed by atoms with Gasteiger partial charge in [-0.1, -0.05) is 39.7 Å². The van der Waals surface area contributed by atoms with E-state index in [-0.39, 0.29) is 12.3 Å². The quantitative estimate of drug-likeness (QED) is 0.871. The van der Waals surface area contributed by atoms with Crippen LogP contribution < -0.4 is 14.8 Å². The molecule has 2 aromatic rings. The highest BCUT2D eigenvalue weighted by molar-refractivity contribution is 9.10. The molecule has 0 atom stereocenters. The molecule has 22 heavy (non-hydrogen) atoms. The predicted octanol–water partition coefficient (Wildman–Crippen LogP) is 4.05. The molecule has 0 saturated heterocycles. The molecule has 1 aliphatic rings. The average Bonchev–Trinajstić information content (AvgIpc) is 2.48. The fourth-order valence-corrected chi connectivity index (χ4v) is 2.83. The molecular weight excluding hydrogens is 370 g/mol. The zero-order valence-corrected chi connectivity index (χ0v) is 13.9. The number of nitrogens with one attached hydrogen (secondary N) is 1. The van der Waals surface area contributed by atoms with Crippen molar-refractivity contribution in [3.05, 3.63) is 51.5 Å².